The molecule has 2 heterocycles. The van der Waals surface area contributed by atoms with Gasteiger partial charge in [0.15, 0.2) is 5.12 Å². The van der Waals surface area contributed by atoms with Crippen LogP contribution in [0.25, 0.3) is 0 Å². The summed E-state index contributed by atoms with van der Waals surface area (Å²) in [5, 5.41) is 4.77. The average molecular weight is 326 g/mol. The third-order valence-corrected chi connectivity index (χ3v) is 4.22. The van der Waals surface area contributed by atoms with Gasteiger partial charge in [0, 0.05) is 19.3 Å². The van der Waals surface area contributed by atoms with E-state index < -0.39 is 0 Å². The molecule has 2 rings (SSSR count). The van der Waals surface area contributed by atoms with Gasteiger partial charge in [-0.2, -0.15) is 5.10 Å². The maximum atomic E-state index is 11.2. The van der Waals surface area contributed by atoms with Crippen LogP contribution in [-0.2, 0) is 26.6 Å². The van der Waals surface area contributed by atoms with E-state index in [-0.39, 0.29) is 16.9 Å². The molecule has 0 spiro atoms. The van der Waals surface area contributed by atoms with Gasteiger partial charge in [-0.05, 0) is 46.1 Å². The predicted octanol–water partition coefficient (Wildman–Crippen LogP) is 3.68. The summed E-state index contributed by atoms with van der Waals surface area (Å²) in [5.74, 6) is 0.623. The summed E-state index contributed by atoms with van der Waals surface area (Å²) in [7, 11) is 0. The predicted molar refractivity (Wildman–Crippen MR) is 87.6 cm³/mol. The molecule has 0 aromatic carbocycles. The van der Waals surface area contributed by atoms with Gasteiger partial charge in [-0.15, -0.1) is 0 Å². The number of ether oxygens (including phenoxy) is 2. The first kappa shape index (κ1) is 17.5. The minimum absolute atomic E-state index is 0.0142. The van der Waals surface area contributed by atoms with Gasteiger partial charge in [-0.25, -0.2) is 4.68 Å². The van der Waals surface area contributed by atoms with Crippen molar-refractivity contribution in [3.63, 3.8) is 0 Å². The van der Waals surface area contributed by atoms with Crippen LogP contribution in [-0.4, -0.2) is 27.1 Å². The molecular weight excluding hydrogens is 300 g/mol. The van der Waals surface area contributed by atoms with Crippen molar-refractivity contribution in [1.82, 2.24) is 9.78 Å². The number of hydrogen-bond donors (Lipinski definition) is 0. The van der Waals surface area contributed by atoms with Crippen LogP contribution in [0.3, 0.4) is 0 Å². The number of rotatable bonds is 5. The van der Waals surface area contributed by atoms with Gasteiger partial charge in [-0.3, -0.25) is 4.79 Å². The lowest BCUT2D eigenvalue weighted by Gasteiger charge is -2.24. The van der Waals surface area contributed by atoms with Crippen LogP contribution >= 0.6 is 11.8 Å². The van der Waals surface area contributed by atoms with Gasteiger partial charge in [0.1, 0.15) is 6.23 Å². The monoisotopic (exact) mass is 326 g/mol. The van der Waals surface area contributed by atoms with Crippen LogP contribution < -0.4 is 0 Å². The summed E-state index contributed by atoms with van der Waals surface area (Å²) in [5.41, 5.74) is 1.72. The van der Waals surface area contributed by atoms with E-state index in [2.05, 4.69) is 5.10 Å². The highest BCUT2D eigenvalue weighted by Gasteiger charge is 2.21. The quantitative estimate of drug-likeness (QED) is 0.826. The van der Waals surface area contributed by atoms with Crippen LogP contribution in [0.2, 0.25) is 0 Å². The molecular formula is C16H26N2O3S. The number of carbonyl (C=O) groups is 1. The largest absolute Gasteiger partial charge is 0.370 e. The summed E-state index contributed by atoms with van der Waals surface area (Å²) < 4.78 is 13.6. The maximum Gasteiger partial charge on any atom is 0.186 e. The standard InChI is InChI=1S/C16H26N2O3S/c1-12(19)22-11-14-9-13(10-21-16(2,3)4)17-18(14)15-7-5-6-8-20-15/h9,15H,5-8,10-11H2,1-4H3. The van der Waals surface area contributed by atoms with Crippen molar-refractivity contribution in [3.8, 4) is 0 Å². The Hall–Kier alpha value is -0.850. The van der Waals surface area contributed by atoms with E-state index in [1.807, 2.05) is 31.5 Å². The zero-order valence-corrected chi connectivity index (χ0v) is 14.7. The lowest BCUT2D eigenvalue weighted by Crippen LogP contribution is -2.21. The Morgan fingerprint density at radius 3 is 2.86 bits per heavy atom. The van der Waals surface area contributed by atoms with Gasteiger partial charge in [0.2, 0.25) is 0 Å². The molecule has 1 saturated heterocycles. The summed E-state index contributed by atoms with van der Waals surface area (Å²) in [6, 6.07) is 2.03. The van der Waals surface area contributed by atoms with E-state index in [4.69, 9.17) is 9.47 Å². The number of aromatic nitrogens is 2. The summed E-state index contributed by atoms with van der Waals surface area (Å²) >= 11 is 1.30. The summed E-state index contributed by atoms with van der Waals surface area (Å²) in [6.45, 7) is 8.92. The van der Waals surface area contributed by atoms with Gasteiger partial charge < -0.3 is 9.47 Å². The third-order valence-electron chi connectivity index (χ3n) is 3.37. The molecule has 0 saturated carbocycles. The molecule has 0 aliphatic carbocycles. The first-order chi connectivity index (χ1) is 10.3. The van der Waals surface area contributed by atoms with Gasteiger partial charge in [-0.1, -0.05) is 11.8 Å². The van der Waals surface area contributed by atoms with Crippen molar-refractivity contribution in [2.24, 2.45) is 0 Å². The van der Waals surface area contributed by atoms with Gasteiger partial charge >= 0.3 is 0 Å². The fourth-order valence-electron chi connectivity index (χ4n) is 2.30. The molecule has 0 bridgehead atoms. The highest BCUT2D eigenvalue weighted by molar-refractivity contribution is 8.12. The van der Waals surface area contributed by atoms with E-state index in [0.717, 1.165) is 37.3 Å². The van der Waals surface area contributed by atoms with E-state index in [1.165, 1.54) is 11.8 Å². The number of carbonyl (C=O) groups excluding carboxylic acids is 1. The highest BCUT2D eigenvalue weighted by atomic mass is 32.2. The fourth-order valence-corrected chi connectivity index (χ4v) is 2.87. The second-order valence-corrected chi connectivity index (χ2v) is 7.73. The molecule has 1 aromatic rings. The number of nitrogens with zero attached hydrogens (tertiary/aromatic N) is 2. The Balaban J connectivity index is 2.12. The first-order valence-corrected chi connectivity index (χ1v) is 8.80. The third kappa shape index (κ3) is 5.41. The molecule has 1 unspecified atom stereocenters. The minimum Gasteiger partial charge on any atom is -0.370 e. The maximum absolute atomic E-state index is 11.2. The second-order valence-electron chi connectivity index (χ2n) is 6.57. The van der Waals surface area contributed by atoms with Crippen LogP contribution in [0.5, 0.6) is 0 Å². The summed E-state index contributed by atoms with van der Waals surface area (Å²) in [6.07, 6.45) is 3.21. The molecule has 124 valence electrons. The normalized spacial score (nSPS) is 19.4. The van der Waals surface area contributed by atoms with Crippen molar-refractivity contribution in [3.05, 3.63) is 17.5 Å². The Kier molecular flexibility index (Phi) is 6.06. The Morgan fingerprint density at radius 1 is 1.50 bits per heavy atom. The van der Waals surface area contributed by atoms with Gasteiger partial charge in [0.05, 0.1) is 23.6 Å². The van der Waals surface area contributed by atoms with Crippen LogP contribution in [0.15, 0.2) is 6.07 Å². The van der Waals surface area contributed by atoms with Crippen molar-refractivity contribution in [1.29, 1.82) is 0 Å². The first-order valence-electron chi connectivity index (χ1n) is 7.81. The lowest BCUT2D eigenvalue weighted by molar-refractivity contribution is -0.109. The zero-order chi connectivity index (χ0) is 16.2. The molecule has 0 N–H and O–H groups in total. The molecule has 0 amide bonds. The van der Waals surface area contributed by atoms with Crippen LogP contribution in [0.4, 0.5) is 0 Å². The summed E-state index contributed by atoms with van der Waals surface area (Å²) in [4.78, 5) is 11.2. The SMILES string of the molecule is CC(=O)SCc1cc(COC(C)(C)C)nn1C1CCCCO1. The second kappa shape index (κ2) is 7.62. The van der Waals surface area contributed by atoms with Crippen LogP contribution in [0, 0.1) is 0 Å². The van der Waals surface area contributed by atoms with Crippen molar-refractivity contribution < 1.29 is 14.3 Å². The van der Waals surface area contributed by atoms with E-state index in [9.17, 15) is 4.79 Å². The lowest BCUT2D eigenvalue weighted by atomic mass is 10.2. The van der Waals surface area contributed by atoms with E-state index in [0.29, 0.717) is 12.4 Å². The number of hydrogen-bond acceptors (Lipinski definition) is 5. The Bertz CT molecular complexity index is 502. The molecule has 1 fully saturated rings. The van der Waals surface area contributed by atoms with Crippen LogP contribution in [0.1, 0.15) is 64.6 Å². The van der Waals surface area contributed by atoms with Gasteiger partial charge in [0.25, 0.3) is 0 Å². The topological polar surface area (TPSA) is 53.3 Å². The number of thioether (sulfide) groups is 1. The Morgan fingerprint density at radius 2 is 2.27 bits per heavy atom. The molecule has 22 heavy (non-hydrogen) atoms. The van der Waals surface area contributed by atoms with Crippen molar-refractivity contribution in [2.45, 2.75) is 71.1 Å². The Labute approximate surface area is 136 Å². The average Bonchev–Trinajstić information content (AvgIpc) is 2.86. The molecule has 1 aliphatic heterocycles. The highest BCUT2D eigenvalue weighted by Crippen LogP contribution is 2.26. The van der Waals surface area contributed by atoms with E-state index >= 15 is 0 Å². The van der Waals surface area contributed by atoms with Crippen molar-refractivity contribution >= 4 is 16.9 Å². The molecule has 6 heteroatoms. The smallest absolute Gasteiger partial charge is 0.186 e. The fraction of sp³-hybridized carbons (Fsp3) is 0.750. The van der Waals surface area contributed by atoms with Crippen molar-refractivity contribution in [2.75, 3.05) is 6.61 Å². The molecule has 1 atom stereocenters. The molecule has 0 radical (unpaired) electrons. The zero-order valence-electron chi connectivity index (χ0n) is 13.9. The molecule has 1 aliphatic rings. The molecule has 5 nitrogen and oxygen atoms in total. The van der Waals surface area contributed by atoms with E-state index in [1.54, 1.807) is 6.92 Å². The minimum atomic E-state index is -0.195. The molecule has 1 aromatic heterocycles.